The molecule has 0 aliphatic rings. The Morgan fingerprint density at radius 2 is 1.45 bits per heavy atom. The fraction of sp³-hybridized carbons (Fsp3) is 0.0909. The molecule has 3 rings (SSSR count). The van der Waals surface area contributed by atoms with Crippen molar-refractivity contribution in [2.24, 2.45) is 0 Å². The van der Waals surface area contributed by atoms with Gasteiger partial charge in [-0.05, 0) is 52.4 Å². The average Bonchev–Trinajstić information content (AvgIpc) is 2.55. The van der Waals surface area contributed by atoms with Gasteiger partial charge in [-0.25, -0.2) is 0 Å². The zero-order valence-electron chi connectivity index (χ0n) is 13.2. The van der Waals surface area contributed by atoms with E-state index in [2.05, 4.69) is 69.5 Å². The minimum atomic E-state index is 1.16. The topological polar surface area (TPSA) is 0 Å². The summed E-state index contributed by atoms with van der Waals surface area (Å²) in [4.78, 5) is 0. The molecule has 0 heterocycles. The van der Waals surface area contributed by atoms with E-state index in [9.17, 15) is 0 Å². The van der Waals surface area contributed by atoms with Crippen molar-refractivity contribution in [2.75, 3.05) is 0 Å². The zero-order valence-corrected chi connectivity index (χ0v) is 13.2. The van der Waals surface area contributed by atoms with Gasteiger partial charge < -0.3 is 0 Å². The summed E-state index contributed by atoms with van der Waals surface area (Å²) in [5, 5.41) is 2.56. The Hall–Kier alpha value is -2.60. The third-order valence-corrected chi connectivity index (χ3v) is 4.28. The highest BCUT2D eigenvalue weighted by atomic mass is 14.2. The van der Waals surface area contributed by atoms with E-state index in [-0.39, 0.29) is 0 Å². The maximum Gasteiger partial charge on any atom is -0.00268 e. The highest BCUT2D eigenvalue weighted by molar-refractivity contribution is 6.05. The number of hydrogen-bond donors (Lipinski definition) is 0. The van der Waals surface area contributed by atoms with Crippen molar-refractivity contribution in [3.05, 3.63) is 83.9 Å². The van der Waals surface area contributed by atoms with E-state index in [1.807, 2.05) is 18.2 Å². The molecular formula is C22H20. The Bertz CT molecular complexity index is 868. The third kappa shape index (κ3) is 2.17. The van der Waals surface area contributed by atoms with Crippen LogP contribution in [-0.4, -0.2) is 0 Å². The van der Waals surface area contributed by atoms with Gasteiger partial charge in [-0.15, -0.1) is 0 Å². The summed E-state index contributed by atoms with van der Waals surface area (Å²) in [7, 11) is 0. The van der Waals surface area contributed by atoms with Gasteiger partial charge in [0.05, 0.1) is 0 Å². The smallest absolute Gasteiger partial charge is 0.00268 e. The van der Waals surface area contributed by atoms with Crippen LogP contribution in [0.5, 0.6) is 0 Å². The van der Waals surface area contributed by atoms with Crippen molar-refractivity contribution in [1.29, 1.82) is 0 Å². The van der Waals surface area contributed by atoms with Gasteiger partial charge in [-0.1, -0.05) is 79.4 Å². The van der Waals surface area contributed by atoms with E-state index < -0.39 is 0 Å². The van der Waals surface area contributed by atoms with Crippen LogP contribution in [0, 0.1) is 13.8 Å². The maximum atomic E-state index is 4.04. The van der Waals surface area contributed by atoms with Crippen molar-refractivity contribution in [1.82, 2.24) is 0 Å². The minimum Gasteiger partial charge on any atom is -0.0984 e. The van der Waals surface area contributed by atoms with Crippen LogP contribution in [0.4, 0.5) is 0 Å². The van der Waals surface area contributed by atoms with E-state index in [1.165, 1.54) is 38.6 Å². The lowest BCUT2D eigenvalue weighted by Gasteiger charge is -2.18. The molecule has 0 radical (unpaired) electrons. The molecule has 22 heavy (non-hydrogen) atoms. The molecule has 0 atom stereocenters. The second kappa shape index (κ2) is 5.65. The molecule has 0 heteroatoms. The van der Waals surface area contributed by atoms with Crippen LogP contribution in [-0.2, 0) is 0 Å². The molecule has 0 spiro atoms. The lowest BCUT2D eigenvalue weighted by atomic mass is 9.86. The van der Waals surface area contributed by atoms with Crippen molar-refractivity contribution < 1.29 is 0 Å². The number of aryl methyl sites for hydroxylation is 2. The van der Waals surface area contributed by atoms with Crippen LogP contribution in [0.15, 0.2) is 61.7 Å². The van der Waals surface area contributed by atoms with Gasteiger partial charge >= 0.3 is 0 Å². The van der Waals surface area contributed by atoms with E-state index in [4.69, 9.17) is 0 Å². The van der Waals surface area contributed by atoms with Crippen LogP contribution >= 0.6 is 0 Å². The standard InChI is InChI=1S/C22H20/c1-5-18-16(4)21-14-15(3)12-13-20(21)22(19(18)6-2)17-10-8-7-9-11-17/h5-14H,1-2H2,3-4H3. The summed E-state index contributed by atoms with van der Waals surface area (Å²) in [6.07, 6.45) is 3.90. The molecule has 0 unspecified atom stereocenters. The Labute approximate surface area is 132 Å². The van der Waals surface area contributed by atoms with Gasteiger partial charge in [-0.2, -0.15) is 0 Å². The van der Waals surface area contributed by atoms with Crippen LogP contribution in [0.3, 0.4) is 0 Å². The predicted octanol–water partition coefficient (Wildman–Crippen LogP) is 6.41. The van der Waals surface area contributed by atoms with Crippen molar-refractivity contribution >= 4 is 22.9 Å². The van der Waals surface area contributed by atoms with E-state index >= 15 is 0 Å². The molecule has 0 saturated carbocycles. The predicted molar refractivity (Wildman–Crippen MR) is 99.0 cm³/mol. The van der Waals surface area contributed by atoms with Gasteiger partial charge in [0.2, 0.25) is 0 Å². The summed E-state index contributed by atoms with van der Waals surface area (Å²) < 4.78 is 0. The lowest BCUT2D eigenvalue weighted by molar-refractivity contribution is 1.44. The third-order valence-electron chi connectivity index (χ3n) is 4.28. The largest absolute Gasteiger partial charge is 0.0984 e. The fourth-order valence-corrected chi connectivity index (χ4v) is 3.20. The molecule has 0 amide bonds. The Kier molecular flexibility index (Phi) is 3.68. The number of rotatable bonds is 3. The SMILES string of the molecule is C=Cc1c(C=C)c(-c2ccccc2)c2ccc(C)cc2c1C. The molecule has 0 N–H and O–H groups in total. The number of benzene rings is 3. The lowest BCUT2D eigenvalue weighted by Crippen LogP contribution is -1.95. The van der Waals surface area contributed by atoms with E-state index in [1.54, 1.807) is 0 Å². The van der Waals surface area contributed by atoms with Crippen LogP contribution in [0.25, 0.3) is 34.1 Å². The molecule has 0 aliphatic heterocycles. The Balaban J connectivity index is 2.56. The average molecular weight is 284 g/mol. The summed E-state index contributed by atoms with van der Waals surface area (Å²) in [5.74, 6) is 0. The Morgan fingerprint density at radius 1 is 0.773 bits per heavy atom. The zero-order chi connectivity index (χ0) is 15.7. The maximum absolute atomic E-state index is 4.04. The normalized spacial score (nSPS) is 10.6. The molecular weight excluding hydrogens is 264 g/mol. The van der Waals surface area contributed by atoms with Crippen molar-refractivity contribution in [3.63, 3.8) is 0 Å². The molecule has 108 valence electrons. The minimum absolute atomic E-state index is 1.16. The number of hydrogen-bond acceptors (Lipinski definition) is 0. The van der Waals surface area contributed by atoms with Crippen LogP contribution in [0.2, 0.25) is 0 Å². The summed E-state index contributed by atoms with van der Waals surface area (Å²) in [6, 6.07) is 17.2. The molecule has 0 aromatic heterocycles. The number of fused-ring (bicyclic) bond motifs is 1. The quantitative estimate of drug-likeness (QED) is 0.521. The van der Waals surface area contributed by atoms with Gasteiger partial charge in [-0.3, -0.25) is 0 Å². The summed E-state index contributed by atoms with van der Waals surface area (Å²) in [6.45, 7) is 12.4. The molecule has 0 aliphatic carbocycles. The molecule has 3 aromatic rings. The second-order valence-electron chi connectivity index (χ2n) is 5.65. The van der Waals surface area contributed by atoms with Gasteiger partial charge in [0.15, 0.2) is 0 Å². The first-order chi connectivity index (χ1) is 10.7. The van der Waals surface area contributed by atoms with Crippen molar-refractivity contribution in [2.45, 2.75) is 13.8 Å². The van der Waals surface area contributed by atoms with E-state index in [0.717, 1.165) is 5.56 Å². The van der Waals surface area contributed by atoms with Crippen LogP contribution in [0.1, 0.15) is 22.3 Å². The monoisotopic (exact) mass is 284 g/mol. The molecule has 0 bridgehead atoms. The van der Waals surface area contributed by atoms with Crippen LogP contribution < -0.4 is 0 Å². The summed E-state index contributed by atoms with van der Waals surface area (Å²) in [5.41, 5.74) is 7.33. The highest BCUT2D eigenvalue weighted by Crippen LogP contribution is 2.38. The highest BCUT2D eigenvalue weighted by Gasteiger charge is 2.15. The van der Waals surface area contributed by atoms with Gasteiger partial charge in [0, 0.05) is 0 Å². The first kappa shape index (κ1) is 14.3. The summed E-state index contributed by atoms with van der Waals surface area (Å²) >= 11 is 0. The second-order valence-corrected chi connectivity index (χ2v) is 5.65. The Morgan fingerprint density at radius 3 is 2.09 bits per heavy atom. The first-order valence-corrected chi connectivity index (χ1v) is 7.54. The molecule has 0 saturated heterocycles. The van der Waals surface area contributed by atoms with E-state index in [0.29, 0.717) is 0 Å². The molecule has 0 fully saturated rings. The van der Waals surface area contributed by atoms with Gasteiger partial charge in [0.25, 0.3) is 0 Å². The van der Waals surface area contributed by atoms with Gasteiger partial charge in [0.1, 0.15) is 0 Å². The molecule has 3 aromatic carbocycles. The van der Waals surface area contributed by atoms with Crippen molar-refractivity contribution in [3.8, 4) is 11.1 Å². The first-order valence-electron chi connectivity index (χ1n) is 7.54. The fourth-order valence-electron chi connectivity index (χ4n) is 3.20. The molecule has 0 nitrogen and oxygen atoms in total.